The number of unbranched alkanes of at least 4 members (excludes halogenated alkanes) is 3. The van der Waals surface area contributed by atoms with Crippen LogP contribution in [0.15, 0.2) is 0 Å². The van der Waals surface area contributed by atoms with E-state index in [4.69, 9.17) is 33.8 Å². The summed E-state index contributed by atoms with van der Waals surface area (Å²) in [6, 6.07) is -21.8. The third-order valence-electron chi connectivity index (χ3n) is 17.6. The van der Waals surface area contributed by atoms with E-state index in [0.717, 1.165) is 11.8 Å². The molecule has 1 rings (SSSR count). The zero-order chi connectivity index (χ0) is 83.7. The molecule has 41 nitrogen and oxygen atoms in total. The molecular weight excluding hydrogens is 1470 g/mol. The van der Waals surface area contributed by atoms with Crippen LogP contribution < -0.4 is 92.5 Å². The SMILES string of the molecule is CSCC[C@H](NC(=O)[C@@H](NC(=O)[C@H](CC(C)C)NC(=O)[C@H](CO)NC(=O)[C@H](CCC(N)=O)NC(=O)[C@@H](N)CCCCN)[C@@H](C)O)C(=O)N[C@@H](CC(=O)O)C(=O)N1CCC[C@H]1C(=O)N[C@H](C(=O)N[C@H](C(=O)N[C@@H](CCCCN)C(=O)N[C@@H](CO)C(=O)N[C@@H](CCCCN)C(=O)N[C@@H](CCC(=O)O)C(=O)O)C(C)C)C(C)C. The number of aliphatic hydroxyl groups excluding tert-OH is 3. The zero-order valence-corrected chi connectivity index (χ0v) is 64.8. The molecule has 0 spiro atoms. The van der Waals surface area contributed by atoms with Crippen molar-refractivity contribution < 1.29 is 112 Å². The largest absolute Gasteiger partial charge is 0.481 e. The van der Waals surface area contributed by atoms with Crippen molar-refractivity contribution in [1.82, 2.24) is 68.7 Å². The molecule has 626 valence electrons. The molecule has 1 saturated heterocycles. The number of nitrogens with two attached hydrogens (primary N) is 5. The lowest BCUT2D eigenvalue weighted by atomic mass is 9.98. The molecule has 1 aliphatic rings. The van der Waals surface area contributed by atoms with Gasteiger partial charge in [-0.25, -0.2) is 4.79 Å². The van der Waals surface area contributed by atoms with Crippen LogP contribution in [0.4, 0.5) is 0 Å². The highest BCUT2D eigenvalue weighted by atomic mass is 32.2. The molecule has 0 aromatic carbocycles. The number of nitrogens with one attached hydrogen (secondary N) is 12. The Hall–Kier alpha value is -8.94. The molecule has 28 N–H and O–H groups in total. The Bertz CT molecular complexity index is 3080. The van der Waals surface area contributed by atoms with Gasteiger partial charge < -0.3 is 128 Å². The zero-order valence-electron chi connectivity index (χ0n) is 63.9. The number of aliphatic carboxylic acids is 3. The highest BCUT2D eigenvalue weighted by Crippen LogP contribution is 2.22. The van der Waals surface area contributed by atoms with Crippen molar-refractivity contribution in [3.05, 3.63) is 0 Å². The van der Waals surface area contributed by atoms with Gasteiger partial charge in [-0.1, -0.05) is 48.0 Å². The molecule has 15 atom stereocenters. The van der Waals surface area contributed by atoms with Gasteiger partial charge in [-0.3, -0.25) is 76.7 Å². The number of aliphatic hydroxyl groups is 3. The minimum absolute atomic E-state index is 0.0257. The number of likely N-dealkylation sites (tertiary alicyclic amines) is 1. The van der Waals surface area contributed by atoms with Crippen molar-refractivity contribution in [3.63, 3.8) is 0 Å². The smallest absolute Gasteiger partial charge is 0.326 e. The fourth-order valence-corrected chi connectivity index (χ4v) is 11.8. The molecular formula is C68H120N18O23S. The molecule has 42 heteroatoms. The molecule has 110 heavy (non-hydrogen) atoms. The van der Waals surface area contributed by atoms with Crippen LogP contribution in [0.5, 0.6) is 0 Å². The van der Waals surface area contributed by atoms with E-state index in [9.17, 15) is 107 Å². The molecule has 0 saturated carbocycles. The number of hydrogen-bond donors (Lipinski definition) is 23. The molecule has 0 unspecified atom stereocenters. The van der Waals surface area contributed by atoms with Gasteiger partial charge in [-0.05, 0) is 146 Å². The van der Waals surface area contributed by atoms with Crippen molar-refractivity contribution in [1.29, 1.82) is 0 Å². The lowest BCUT2D eigenvalue weighted by Crippen LogP contribution is -2.62. The van der Waals surface area contributed by atoms with Crippen molar-refractivity contribution in [2.75, 3.05) is 51.4 Å². The van der Waals surface area contributed by atoms with Gasteiger partial charge in [0.1, 0.15) is 78.5 Å². The first-order valence-corrected chi connectivity index (χ1v) is 38.3. The number of rotatable bonds is 56. The van der Waals surface area contributed by atoms with E-state index < -0.39 is 236 Å². The monoisotopic (exact) mass is 1590 g/mol. The van der Waals surface area contributed by atoms with Crippen LogP contribution in [0.2, 0.25) is 0 Å². The number of nitrogens with zero attached hydrogens (tertiary/aromatic N) is 1. The minimum Gasteiger partial charge on any atom is -0.481 e. The molecule has 0 radical (unpaired) electrons. The molecule has 0 aliphatic carbocycles. The van der Waals surface area contributed by atoms with Crippen LogP contribution >= 0.6 is 11.8 Å². The molecule has 1 fully saturated rings. The molecule has 1 heterocycles. The predicted octanol–water partition coefficient (Wildman–Crippen LogP) is -7.32. The number of carboxylic acids is 3. The number of carbonyl (C=O) groups is 17. The van der Waals surface area contributed by atoms with E-state index in [-0.39, 0.29) is 102 Å². The average molecular weight is 1590 g/mol. The van der Waals surface area contributed by atoms with Crippen molar-refractivity contribution in [2.45, 2.75) is 255 Å². The molecule has 0 bridgehead atoms. The van der Waals surface area contributed by atoms with E-state index in [1.54, 1.807) is 47.8 Å². The second-order valence-electron chi connectivity index (χ2n) is 28.0. The second kappa shape index (κ2) is 52.3. The van der Waals surface area contributed by atoms with Gasteiger partial charge in [0.15, 0.2) is 0 Å². The first kappa shape index (κ1) is 99.1. The van der Waals surface area contributed by atoms with Crippen LogP contribution in [-0.4, -0.2) is 278 Å². The maximum atomic E-state index is 14.5. The summed E-state index contributed by atoms with van der Waals surface area (Å²) in [6.07, 6.45) is -0.870. The number of primary amides is 1. The van der Waals surface area contributed by atoms with Crippen LogP contribution in [0.25, 0.3) is 0 Å². The van der Waals surface area contributed by atoms with Gasteiger partial charge in [0, 0.05) is 19.4 Å². The number of carbonyl (C=O) groups excluding carboxylic acids is 14. The summed E-state index contributed by atoms with van der Waals surface area (Å²) in [5.74, 6) is -20.1. The highest BCUT2D eigenvalue weighted by Gasteiger charge is 2.43. The Balaban J connectivity index is 3.48. The van der Waals surface area contributed by atoms with Crippen LogP contribution in [0.1, 0.15) is 164 Å². The standard InChI is InChI=1S/C68H120N18O23S/c1-34(2)30-44(79-62(102)47(33-88)82-58(98)41(20-22-49(73)90)74-55(95)38(72)16-9-12-25-69)60(100)85-54(37(7)89)66(106)77-42(24-29-110-8)59(99)80-45(31-51(93)94)67(107)86-28-15-19-48(86)63(103)83-53(36(5)6)65(105)84-52(35(3)4)64(104)76-40(18-11-14-27-71)57(97)81-46(32-87)61(101)75-39(17-10-13-26-70)56(96)78-43(68(108)109)21-23-50(91)92/h34-48,52-54,87-89H,9-33,69-72H2,1-8H3,(H2,73,90)(H,74,95)(H,75,101)(H,76,104)(H,77,106)(H,78,96)(H,79,102)(H,80,99)(H,81,97)(H,82,98)(H,83,103)(H,84,105)(H,85,100)(H,91,92)(H,93,94)(H,108,109)/t37-,38+,39+,40+,41+,42+,43+,44+,45+,46+,47+,48+,52+,53+,54+/m1/s1. The van der Waals surface area contributed by atoms with E-state index in [1.807, 2.05) is 0 Å². The Morgan fingerprint density at radius 1 is 0.436 bits per heavy atom. The van der Waals surface area contributed by atoms with Crippen LogP contribution in [0.3, 0.4) is 0 Å². The fourth-order valence-electron chi connectivity index (χ4n) is 11.4. The number of thioether (sulfide) groups is 1. The molecule has 14 amide bonds. The van der Waals surface area contributed by atoms with Crippen LogP contribution in [-0.2, 0) is 81.5 Å². The van der Waals surface area contributed by atoms with E-state index in [0.29, 0.717) is 32.2 Å². The minimum atomic E-state index is -1.90. The third kappa shape index (κ3) is 36.3. The van der Waals surface area contributed by atoms with E-state index in [2.05, 4.69) is 63.8 Å². The predicted molar refractivity (Wildman–Crippen MR) is 398 cm³/mol. The second-order valence-corrected chi connectivity index (χ2v) is 29.0. The summed E-state index contributed by atoms with van der Waals surface area (Å²) < 4.78 is 0. The van der Waals surface area contributed by atoms with Gasteiger partial charge in [0.25, 0.3) is 0 Å². The quantitative estimate of drug-likeness (QED) is 0.0252. The van der Waals surface area contributed by atoms with Crippen molar-refractivity contribution in [2.24, 2.45) is 46.4 Å². The number of hydrogen-bond acceptors (Lipinski definition) is 25. The highest BCUT2D eigenvalue weighted by molar-refractivity contribution is 7.98. The molecule has 0 aromatic rings. The first-order chi connectivity index (χ1) is 51.7. The number of amides is 14. The fraction of sp³-hybridized carbons (Fsp3) is 0.750. The summed E-state index contributed by atoms with van der Waals surface area (Å²) in [5.41, 5.74) is 28.2. The summed E-state index contributed by atoms with van der Waals surface area (Å²) in [6.45, 7) is 9.11. The summed E-state index contributed by atoms with van der Waals surface area (Å²) >= 11 is 1.21. The van der Waals surface area contributed by atoms with Gasteiger partial charge in [0.05, 0.1) is 31.8 Å². The van der Waals surface area contributed by atoms with Crippen molar-refractivity contribution in [3.8, 4) is 0 Å². The number of carboxylic acid groups (broad SMARTS) is 3. The normalized spacial score (nSPS) is 16.5. The van der Waals surface area contributed by atoms with Crippen LogP contribution in [0, 0.1) is 17.8 Å². The lowest BCUT2D eigenvalue weighted by molar-refractivity contribution is -0.146. The summed E-state index contributed by atoms with van der Waals surface area (Å²) in [7, 11) is 0. The van der Waals surface area contributed by atoms with Gasteiger partial charge in [0.2, 0.25) is 82.7 Å². The Morgan fingerprint density at radius 3 is 1.25 bits per heavy atom. The Labute approximate surface area is 643 Å². The maximum Gasteiger partial charge on any atom is 0.326 e. The summed E-state index contributed by atoms with van der Waals surface area (Å²) in [5, 5.41) is 89.5. The Morgan fingerprint density at radius 2 is 0.818 bits per heavy atom. The topological polar surface area (TPSA) is 689 Å². The average Bonchev–Trinajstić information content (AvgIpc) is 1.63. The molecule has 1 aliphatic heterocycles. The Kier molecular flexibility index (Phi) is 47.1. The van der Waals surface area contributed by atoms with Crippen molar-refractivity contribution >= 4 is 112 Å². The molecule has 0 aromatic heterocycles. The van der Waals surface area contributed by atoms with Gasteiger partial charge in [-0.15, -0.1) is 0 Å². The van der Waals surface area contributed by atoms with Gasteiger partial charge >= 0.3 is 17.9 Å². The first-order valence-electron chi connectivity index (χ1n) is 36.9. The third-order valence-corrected chi connectivity index (χ3v) is 18.3. The van der Waals surface area contributed by atoms with Gasteiger partial charge in [-0.2, -0.15) is 11.8 Å². The maximum absolute atomic E-state index is 14.5. The van der Waals surface area contributed by atoms with E-state index >= 15 is 0 Å². The van der Waals surface area contributed by atoms with E-state index in [1.165, 1.54) is 11.8 Å². The lowest BCUT2D eigenvalue weighted by Gasteiger charge is -2.32. The summed E-state index contributed by atoms with van der Waals surface area (Å²) in [4.78, 5) is 229.